The van der Waals surface area contributed by atoms with E-state index >= 15 is 0 Å². The molecular weight excluding hydrogens is 248 g/mol. The first-order valence-electron chi connectivity index (χ1n) is 6.10. The van der Waals surface area contributed by atoms with Crippen LogP contribution in [0.1, 0.15) is 38.3 Å². The van der Waals surface area contributed by atoms with Gasteiger partial charge in [0.2, 0.25) is 0 Å². The van der Waals surface area contributed by atoms with Crippen molar-refractivity contribution in [1.82, 2.24) is 5.43 Å². The largest absolute Gasteiger partial charge is 0.271 e. The lowest BCUT2D eigenvalue weighted by Crippen LogP contribution is -2.28. The highest BCUT2D eigenvalue weighted by molar-refractivity contribution is 7.90. The maximum Gasteiger partial charge on any atom is 0.175 e. The van der Waals surface area contributed by atoms with E-state index in [1.54, 1.807) is 18.2 Å². The van der Waals surface area contributed by atoms with E-state index in [4.69, 9.17) is 5.84 Å². The van der Waals surface area contributed by atoms with Crippen LogP contribution in [0.5, 0.6) is 0 Å². The van der Waals surface area contributed by atoms with Gasteiger partial charge in [-0.25, -0.2) is 8.42 Å². The third-order valence-electron chi connectivity index (χ3n) is 2.92. The smallest absolute Gasteiger partial charge is 0.175 e. The summed E-state index contributed by atoms with van der Waals surface area (Å²) in [5.74, 6) is 6.15. The van der Waals surface area contributed by atoms with Gasteiger partial charge in [0.25, 0.3) is 0 Å². The number of hydrogen-bond acceptors (Lipinski definition) is 4. The molecule has 0 fully saturated rings. The van der Waals surface area contributed by atoms with Crippen LogP contribution in [0.4, 0.5) is 0 Å². The highest BCUT2D eigenvalue weighted by Crippen LogP contribution is 2.22. The third-order valence-corrected chi connectivity index (χ3v) is 4.03. The summed E-state index contributed by atoms with van der Waals surface area (Å²) in [7, 11) is -3.17. The molecule has 0 aliphatic carbocycles. The van der Waals surface area contributed by atoms with Gasteiger partial charge in [-0.2, -0.15) is 0 Å². The van der Waals surface area contributed by atoms with E-state index in [9.17, 15) is 8.42 Å². The van der Waals surface area contributed by atoms with Crippen molar-refractivity contribution in [3.8, 4) is 0 Å². The van der Waals surface area contributed by atoms with E-state index in [0.29, 0.717) is 10.8 Å². The molecular formula is C13H22N2O2S. The van der Waals surface area contributed by atoms with Gasteiger partial charge >= 0.3 is 0 Å². The zero-order valence-electron chi connectivity index (χ0n) is 11.2. The van der Waals surface area contributed by atoms with Crippen LogP contribution in [0, 0.1) is 5.92 Å². The van der Waals surface area contributed by atoms with Crippen LogP contribution in [0.3, 0.4) is 0 Å². The van der Waals surface area contributed by atoms with Gasteiger partial charge < -0.3 is 0 Å². The summed E-state index contributed by atoms with van der Waals surface area (Å²) in [5, 5.41) is 0. The minimum absolute atomic E-state index is 0.00546. The van der Waals surface area contributed by atoms with Crippen LogP contribution in [-0.4, -0.2) is 14.7 Å². The third kappa shape index (κ3) is 4.40. The molecule has 0 amide bonds. The van der Waals surface area contributed by atoms with E-state index in [1.807, 2.05) is 6.07 Å². The Kier molecular flexibility index (Phi) is 5.31. The molecule has 1 unspecified atom stereocenters. The van der Waals surface area contributed by atoms with Crippen molar-refractivity contribution in [1.29, 1.82) is 0 Å². The molecule has 0 bridgehead atoms. The fourth-order valence-electron chi connectivity index (χ4n) is 1.81. The molecule has 0 aliphatic heterocycles. The Morgan fingerprint density at radius 2 is 1.94 bits per heavy atom. The van der Waals surface area contributed by atoms with Crippen LogP contribution in [-0.2, 0) is 9.84 Å². The summed E-state index contributed by atoms with van der Waals surface area (Å²) < 4.78 is 23.0. The summed E-state index contributed by atoms with van der Waals surface area (Å²) in [5.41, 5.74) is 3.68. The van der Waals surface area contributed by atoms with E-state index in [0.717, 1.165) is 18.4 Å². The van der Waals surface area contributed by atoms with Gasteiger partial charge in [0.05, 0.1) is 4.90 Å². The van der Waals surface area contributed by atoms with Crippen molar-refractivity contribution in [2.75, 3.05) is 6.26 Å². The molecule has 0 spiro atoms. The molecule has 18 heavy (non-hydrogen) atoms. The lowest BCUT2D eigenvalue weighted by molar-refractivity contribution is 0.448. The maximum absolute atomic E-state index is 11.5. The molecule has 1 aromatic carbocycles. The van der Waals surface area contributed by atoms with E-state index in [-0.39, 0.29) is 6.04 Å². The molecule has 1 rings (SSSR count). The molecule has 0 heterocycles. The lowest BCUT2D eigenvalue weighted by atomic mass is 9.98. The first-order chi connectivity index (χ1) is 8.34. The highest BCUT2D eigenvalue weighted by atomic mass is 32.2. The van der Waals surface area contributed by atoms with Crippen molar-refractivity contribution >= 4 is 9.84 Å². The minimum Gasteiger partial charge on any atom is -0.271 e. The molecule has 1 aromatic rings. The van der Waals surface area contributed by atoms with Crippen molar-refractivity contribution in [3.05, 3.63) is 29.8 Å². The fraction of sp³-hybridized carbons (Fsp3) is 0.538. The average molecular weight is 270 g/mol. The quantitative estimate of drug-likeness (QED) is 0.613. The Bertz CT molecular complexity index is 484. The topological polar surface area (TPSA) is 72.2 Å². The summed E-state index contributed by atoms with van der Waals surface area (Å²) in [6, 6.07) is 6.95. The fourth-order valence-corrected chi connectivity index (χ4v) is 2.48. The van der Waals surface area contributed by atoms with Gasteiger partial charge in [0.15, 0.2) is 9.84 Å². The van der Waals surface area contributed by atoms with E-state index in [2.05, 4.69) is 19.3 Å². The SMILES string of the molecule is CC(C)CCC(NN)c1cccc(S(C)(=O)=O)c1. The minimum atomic E-state index is -3.17. The number of benzene rings is 1. The van der Waals surface area contributed by atoms with Crippen molar-refractivity contribution in [2.45, 2.75) is 37.6 Å². The zero-order valence-corrected chi connectivity index (χ0v) is 12.0. The Hall–Kier alpha value is -0.910. The number of nitrogens with one attached hydrogen (secondary N) is 1. The Balaban J connectivity index is 2.93. The predicted molar refractivity (Wildman–Crippen MR) is 73.7 cm³/mol. The van der Waals surface area contributed by atoms with Crippen LogP contribution < -0.4 is 11.3 Å². The summed E-state index contributed by atoms with van der Waals surface area (Å²) in [6.45, 7) is 4.31. The molecule has 4 nitrogen and oxygen atoms in total. The molecule has 3 N–H and O–H groups in total. The van der Waals surface area contributed by atoms with Gasteiger partial charge in [0.1, 0.15) is 0 Å². The second-order valence-electron chi connectivity index (χ2n) is 5.04. The number of nitrogens with two attached hydrogens (primary N) is 1. The van der Waals surface area contributed by atoms with Gasteiger partial charge in [0, 0.05) is 12.3 Å². The van der Waals surface area contributed by atoms with E-state index in [1.165, 1.54) is 6.26 Å². The average Bonchev–Trinajstić information content (AvgIpc) is 2.29. The number of hydrogen-bond donors (Lipinski definition) is 2. The molecule has 0 aromatic heterocycles. The normalized spacial score (nSPS) is 13.8. The van der Waals surface area contributed by atoms with Crippen LogP contribution >= 0.6 is 0 Å². The number of hydrazine groups is 1. The second-order valence-corrected chi connectivity index (χ2v) is 7.05. The van der Waals surface area contributed by atoms with Gasteiger partial charge in [-0.15, -0.1) is 0 Å². The monoisotopic (exact) mass is 270 g/mol. The standard InChI is InChI=1S/C13H22N2O2S/c1-10(2)7-8-13(15-14)11-5-4-6-12(9-11)18(3,16)17/h4-6,9-10,13,15H,7-8,14H2,1-3H3. The van der Waals surface area contributed by atoms with Crippen molar-refractivity contribution in [3.63, 3.8) is 0 Å². The predicted octanol–water partition coefficient (Wildman–Crippen LogP) is 2.03. The van der Waals surface area contributed by atoms with Crippen molar-refractivity contribution in [2.24, 2.45) is 11.8 Å². The summed E-state index contributed by atoms with van der Waals surface area (Å²) >= 11 is 0. The van der Waals surface area contributed by atoms with Crippen LogP contribution in [0.15, 0.2) is 29.2 Å². The molecule has 5 heteroatoms. The molecule has 102 valence electrons. The van der Waals surface area contributed by atoms with Crippen molar-refractivity contribution < 1.29 is 8.42 Å². The van der Waals surface area contributed by atoms with Crippen LogP contribution in [0.25, 0.3) is 0 Å². The Morgan fingerprint density at radius 1 is 1.28 bits per heavy atom. The number of sulfone groups is 1. The molecule has 0 radical (unpaired) electrons. The summed E-state index contributed by atoms with van der Waals surface area (Å²) in [6.07, 6.45) is 3.14. The van der Waals surface area contributed by atoms with Gasteiger partial charge in [-0.3, -0.25) is 11.3 Å². The zero-order chi connectivity index (χ0) is 13.8. The van der Waals surface area contributed by atoms with Gasteiger partial charge in [-0.1, -0.05) is 26.0 Å². The first-order valence-corrected chi connectivity index (χ1v) is 8.00. The first kappa shape index (κ1) is 15.1. The highest BCUT2D eigenvalue weighted by Gasteiger charge is 2.13. The molecule has 0 aliphatic rings. The maximum atomic E-state index is 11.5. The number of rotatable bonds is 6. The molecule has 1 atom stereocenters. The summed E-state index contributed by atoms with van der Waals surface area (Å²) in [4.78, 5) is 0.338. The van der Waals surface area contributed by atoms with E-state index < -0.39 is 9.84 Å². The second kappa shape index (κ2) is 6.31. The van der Waals surface area contributed by atoms with Crippen LogP contribution in [0.2, 0.25) is 0 Å². The Labute approximate surface area is 109 Å². The van der Waals surface area contributed by atoms with Gasteiger partial charge in [-0.05, 0) is 36.5 Å². The lowest BCUT2D eigenvalue weighted by Gasteiger charge is -2.18. The Morgan fingerprint density at radius 3 is 2.44 bits per heavy atom. The molecule has 0 saturated carbocycles. The molecule has 0 saturated heterocycles.